The molecule has 2 saturated carbocycles. The number of ether oxygens (including phenoxy) is 1. The lowest BCUT2D eigenvalue weighted by Gasteiger charge is -2.44. The third kappa shape index (κ3) is 2.83. The van der Waals surface area contributed by atoms with Gasteiger partial charge in [0, 0.05) is 24.2 Å². The first-order valence-electron chi connectivity index (χ1n) is 11.8. The summed E-state index contributed by atoms with van der Waals surface area (Å²) in [5.41, 5.74) is 5.29. The monoisotopic (exact) mass is 429 g/mol. The van der Waals surface area contributed by atoms with Crippen LogP contribution in [0.15, 0.2) is 58.7 Å². The molecular formula is C27H31N3O2. The third-order valence-electron chi connectivity index (χ3n) is 8.69. The van der Waals surface area contributed by atoms with Crippen molar-refractivity contribution in [2.75, 3.05) is 12.4 Å². The maximum atomic E-state index is 6.39. The van der Waals surface area contributed by atoms with E-state index in [1.807, 2.05) is 18.2 Å². The van der Waals surface area contributed by atoms with E-state index in [4.69, 9.17) is 19.7 Å². The molecule has 4 atom stereocenters. The number of hydrogen-bond acceptors (Lipinski definition) is 5. The molecule has 5 nitrogen and oxygen atoms in total. The van der Waals surface area contributed by atoms with Gasteiger partial charge in [-0.3, -0.25) is 0 Å². The van der Waals surface area contributed by atoms with Crippen LogP contribution in [0.1, 0.15) is 57.6 Å². The second-order valence-electron chi connectivity index (χ2n) is 10.4. The van der Waals surface area contributed by atoms with Crippen molar-refractivity contribution >= 4 is 22.8 Å². The number of para-hydroxylation sites is 2. The Morgan fingerprint density at radius 2 is 1.78 bits per heavy atom. The second kappa shape index (κ2) is 7.09. The van der Waals surface area contributed by atoms with Crippen LogP contribution in [0.5, 0.6) is 5.75 Å². The molecule has 5 heteroatoms. The Hall–Kier alpha value is -2.82. The van der Waals surface area contributed by atoms with Crippen LogP contribution in [-0.2, 0) is 4.84 Å². The highest BCUT2D eigenvalue weighted by atomic mass is 16.7. The average molecular weight is 430 g/mol. The van der Waals surface area contributed by atoms with Gasteiger partial charge in [-0.05, 0) is 55.0 Å². The van der Waals surface area contributed by atoms with Crippen LogP contribution < -0.4 is 10.1 Å². The van der Waals surface area contributed by atoms with Gasteiger partial charge >= 0.3 is 0 Å². The Labute approximate surface area is 189 Å². The number of oxime groups is 1. The van der Waals surface area contributed by atoms with Crippen LogP contribution in [0.2, 0.25) is 0 Å². The van der Waals surface area contributed by atoms with Crippen LogP contribution >= 0.6 is 0 Å². The predicted molar refractivity (Wildman–Crippen MR) is 128 cm³/mol. The summed E-state index contributed by atoms with van der Waals surface area (Å²) in [6.07, 6.45) is 5.52. The Bertz CT molecular complexity index is 1100. The molecule has 0 aromatic heterocycles. The summed E-state index contributed by atoms with van der Waals surface area (Å²) >= 11 is 0. The smallest absolute Gasteiger partial charge is 0.151 e. The summed E-state index contributed by atoms with van der Waals surface area (Å²) in [5, 5.41) is 8.44. The van der Waals surface area contributed by atoms with Crippen molar-refractivity contribution in [1.29, 1.82) is 0 Å². The van der Waals surface area contributed by atoms with Gasteiger partial charge in [-0.1, -0.05) is 43.3 Å². The molecule has 0 saturated heterocycles. The molecule has 2 aliphatic heterocycles. The van der Waals surface area contributed by atoms with E-state index in [2.05, 4.69) is 49.5 Å². The molecule has 0 radical (unpaired) electrons. The lowest BCUT2D eigenvalue weighted by atomic mass is 9.63. The lowest BCUT2D eigenvalue weighted by molar-refractivity contribution is -0.135. The second-order valence-corrected chi connectivity index (χ2v) is 10.4. The van der Waals surface area contributed by atoms with E-state index in [0.29, 0.717) is 5.92 Å². The molecule has 2 aromatic carbocycles. The minimum absolute atomic E-state index is 0.107. The Kier molecular flexibility index (Phi) is 4.40. The van der Waals surface area contributed by atoms with Crippen LogP contribution in [0.4, 0.5) is 11.4 Å². The molecule has 166 valence electrons. The van der Waals surface area contributed by atoms with E-state index >= 15 is 0 Å². The highest BCUT2D eigenvalue weighted by molar-refractivity contribution is 6.43. The van der Waals surface area contributed by atoms with Crippen molar-refractivity contribution in [3.05, 3.63) is 54.1 Å². The number of rotatable bonds is 3. The topological polar surface area (TPSA) is 55.2 Å². The number of aliphatic imine (C=N–C) groups is 1. The van der Waals surface area contributed by atoms with Gasteiger partial charge in [0.25, 0.3) is 0 Å². The van der Waals surface area contributed by atoms with Gasteiger partial charge in [-0.15, -0.1) is 0 Å². The van der Waals surface area contributed by atoms with Gasteiger partial charge in [-0.25, -0.2) is 4.99 Å². The highest BCUT2D eigenvalue weighted by Gasteiger charge is 2.67. The molecule has 32 heavy (non-hydrogen) atoms. The molecule has 0 amide bonds. The molecule has 1 spiro atoms. The number of nitrogens with one attached hydrogen (secondary N) is 1. The fourth-order valence-electron chi connectivity index (χ4n) is 6.64. The molecule has 2 aromatic rings. The fraction of sp³-hybridized carbons (Fsp3) is 0.481. The Morgan fingerprint density at radius 3 is 2.53 bits per heavy atom. The zero-order valence-electron chi connectivity index (χ0n) is 19.1. The molecular weight excluding hydrogens is 398 g/mol. The van der Waals surface area contributed by atoms with Gasteiger partial charge in [0.15, 0.2) is 5.60 Å². The fourth-order valence-corrected chi connectivity index (χ4v) is 6.64. The van der Waals surface area contributed by atoms with Crippen molar-refractivity contribution in [2.24, 2.45) is 27.4 Å². The van der Waals surface area contributed by atoms with Crippen molar-refractivity contribution in [1.82, 2.24) is 0 Å². The first-order chi connectivity index (χ1) is 15.5. The molecule has 4 unspecified atom stereocenters. The molecule has 2 fully saturated rings. The zero-order valence-corrected chi connectivity index (χ0v) is 19.1. The highest BCUT2D eigenvalue weighted by Crippen LogP contribution is 2.65. The van der Waals surface area contributed by atoms with Crippen LogP contribution in [-0.4, -0.2) is 24.1 Å². The Morgan fingerprint density at radius 1 is 1.00 bits per heavy atom. The molecule has 1 N–H and O–H groups in total. The van der Waals surface area contributed by atoms with Crippen molar-refractivity contribution in [3.63, 3.8) is 0 Å². The van der Waals surface area contributed by atoms with Gasteiger partial charge in [0.2, 0.25) is 0 Å². The number of benzene rings is 2. The average Bonchev–Trinajstić information content (AvgIpc) is 3.48. The number of hydrogen-bond donors (Lipinski definition) is 1. The number of anilines is 1. The number of fused-ring (bicyclic) bond motifs is 4. The first-order valence-corrected chi connectivity index (χ1v) is 11.8. The SMILES string of the molecule is COc1ccc(C2CC(C3=NOC4(C3)C3CCC(C3)C4(C)C)=Nc3ccccc3N2)cc1. The van der Waals surface area contributed by atoms with Crippen LogP contribution in [0.25, 0.3) is 0 Å². The van der Waals surface area contributed by atoms with E-state index < -0.39 is 0 Å². The molecule has 2 heterocycles. The Balaban J connectivity index is 1.34. The molecule has 6 rings (SSSR count). The summed E-state index contributed by atoms with van der Waals surface area (Å²) in [4.78, 5) is 11.5. The summed E-state index contributed by atoms with van der Waals surface area (Å²) in [6.45, 7) is 4.78. The number of nitrogens with zero attached hydrogens (tertiary/aromatic N) is 2. The van der Waals surface area contributed by atoms with E-state index in [9.17, 15) is 0 Å². The predicted octanol–water partition coefficient (Wildman–Crippen LogP) is 6.30. The quantitative estimate of drug-likeness (QED) is 0.623. The van der Waals surface area contributed by atoms with E-state index in [1.54, 1.807) is 7.11 Å². The lowest BCUT2D eigenvalue weighted by Crippen LogP contribution is -2.49. The summed E-state index contributed by atoms with van der Waals surface area (Å²) in [6, 6.07) is 16.7. The zero-order chi connectivity index (χ0) is 21.9. The summed E-state index contributed by atoms with van der Waals surface area (Å²) in [7, 11) is 1.70. The minimum atomic E-state index is -0.164. The van der Waals surface area contributed by atoms with E-state index in [1.165, 1.54) is 24.8 Å². The summed E-state index contributed by atoms with van der Waals surface area (Å²) in [5.74, 6) is 2.22. The van der Waals surface area contributed by atoms with Crippen molar-refractivity contribution in [3.8, 4) is 5.75 Å². The minimum Gasteiger partial charge on any atom is -0.497 e. The molecule has 2 aliphatic carbocycles. The van der Waals surface area contributed by atoms with Crippen molar-refractivity contribution in [2.45, 2.75) is 57.6 Å². The van der Waals surface area contributed by atoms with E-state index in [0.717, 1.165) is 47.3 Å². The molecule has 4 aliphatic rings. The summed E-state index contributed by atoms with van der Waals surface area (Å²) < 4.78 is 5.36. The van der Waals surface area contributed by atoms with Gasteiger partial charge in [0.05, 0.1) is 30.2 Å². The van der Waals surface area contributed by atoms with Crippen LogP contribution in [0, 0.1) is 17.3 Å². The number of methoxy groups -OCH3 is 1. The van der Waals surface area contributed by atoms with E-state index in [-0.39, 0.29) is 17.1 Å². The van der Waals surface area contributed by atoms with Crippen molar-refractivity contribution < 1.29 is 9.57 Å². The maximum Gasteiger partial charge on any atom is 0.151 e. The standard InChI is InChI=1S/C27H31N3O2/c1-26(2)18-10-11-19(14-18)27(26)16-25(30-32-27)24-15-23(17-8-12-20(31-3)13-9-17)28-21-6-4-5-7-22(21)29-24/h4-9,12-13,18-19,23,28H,10-11,14-16H2,1-3H3. The van der Waals surface area contributed by atoms with Crippen LogP contribution in [0.3, 0.4) is 0 Å². The van der Waals surface area contributed by atoms with Gasteiger partial charge in [0.1, 0.15) is 11.5 Å². The van der Waals surface area contributed by atoms with Gasteiger partial charge < -0.3 is 14.9 Å². The molecule has 2 bridgehead atoms. The normalized spacial score (nSPS) is 31.9. The van der Waals surface area contributed by atoms with Gasteiger partial charge in [-0.2, -0.15) is 0 Å². The largest absolute Gasteiger partial charge is 0.497 e. The third-order valence-corrected chi connectivity index (χ3v) is 8.69. The maximum absolute atomic E-state index is 6.39. The first kappa shape index (κ1) is 19.8.